The number of carbonyl (C=O) groups is 1. The van der Waals surface area contributed by atoms with Crippen molar-refractivity contribution < 1.29 is 9.18 Å². The monoisotopic (exact) mass is 434 g/mol. The predicted octanol–water partition coefficient (Wildman–Crippen LogP) is 5.47. The number of anilines is 2. The van der Waals surface area contributed by atoms with E-state index in [4.69, 9.17) is 0 Å². The molecule has 1 amide bonds. The normalized spacial score (nSPS) is 10.8. The van der Waals surface area contributed by atoms with Crippen LogP contribution in [0.1, 0.15) is 17.5 Å². The van der Waals surface area contributed by atoms with Gasteiger partial charge in [-0.3, -0.25) is 9.48 Å². The second kappa shape index (κ2) is 9.57. The molecule has 2 aromatic heterocycles. The van der Waals surface area contributed by atoms with Crippen molar-refractivity contribution >= 4 is 28.6 Å². The standard InChI is InChI=1S/C24H23FN4OS/c1-29-15-20(14-27-29)19-5-2-17(3-6-19)13-26-21-7-8-22(25)23(12-21)28-24(30)9-4-18-10-11-31-16-18/h2-3,5-8,10-12,14-16,26H,4,9,13H2,1H3,(H,28,30). The Kier molecular flexibility index (Phi) is 6.43. The summed E-state index contributed by atoms with van der Waals surface area (Å²) < 4.78 is 15.9. The van der Waals surface area contributed by atoms with Gasteiger partial charge < -0.3 is 10.6 Å². The van der Waals surface area contributed by atoms with Crippen molar-refractivity contribution in [2.45, 2.75) is 19.4 Å². The molecule has 0 radical (unpaired) electrons. The van der Waals surface area contributed by atoms with Gasteiger partial charge in [0.15, 0.2) is 0 Å². The van der Waals surface area contributed by atoms with Crippen LogP contribution in [0.4, 0.5) is 15.8 Å². The summed E-state index contributed by atoms with van der Waals surface area (Å²) in [6.45, 7) is 0.588. The molecular weight excluding hydrogens is 411 g/mol. The number of carbonyl (C=O) groups excluding carboxylic acids is 1. The van der Waals surface area contributed by atoms with Crippen LogP contribution in [0.2, 0.25) is 0 Å². The molecule has 2 N–H and O–H groups in total. The molecule has 0 spiro atoms. The molecule has 7 heteroatoms. The summed E-state index contributed by atoms with van der Waals surface area (Å²) in [7, 11) is 1.89. The summed E-state index contributed by atoms with van der Waals surface area (Å²) in [6.07, 6.45) is 4.77. The number of aromatic nitrogens is 2. The van der Waals surface area contributed by atoms with Crippen LogP contribution >= 0.6 is 11.3 Å². The van der Waals surface area contributed by atoms with Crippen LogP contribution in [0, 0.1) is 5.82 Å². The Labute approximate surface area is 184 Å². The molecule has 4 rings (SSSR count). The van der Waals surface area contributed by atoms with Gasteiger partial charge in [-0.15, -0.1) is 0 Å². The van der Waals surface area contributed by atoms with Crippen LogP contribution in [0.15, 0.2) is 71.7 Å². The first-order valence-electron chi connectivity index (χ1n) is 9.99. The van der Waals surface area contributed by atoms with E-state index in [-0.39, 0.29) is 11.6 Å². The Bertz CT molecular complexity index is 1150. The third-order valence-electron chi connectivity index (χ3n) is 4.95. The van der Waals surface area contributed by atoms with E-state index in [1.807, 2.05) is 48.4 Å². The molecule has 0 saturated heterocycles. The van der Waals surface area contributed by atoms with E-state index in [1.165, 1.54) is 6.07 Å². The van der Waals surface area contributed by atoms with E-state index < -0.39 is 5.82 Å². The van der Waals surface area contributed by atoms with Crippen LogP contribution < -0.4 is 10.6 Å². The fourth-order valence-corrected chi connectivity index (χ4v) is 3.93. The highest BCUT2D eigenvalue weighted by molar-refractivity contribution is 7.07. The first kappa shape index (κ1) is 20.8. The Morgan fingerprint density at radius 3 is 2.65 bits per heavy atom. The molecule has 0 bridgehead atoms. The molecule has 0 unspecified atom stereocenters. The topological polar surface area (TPSA) is 59.0 Å². The van der Waals surface area contributed by atoms with E-state index in [2.05, 4.69) is 27.9 Å². The number of amides is 1. The zero-order chi connectivity index (χ0) is 21.6. The van der Waals surface area contributed by atoms with Crippen molar-refractivity contribution in [3.05, 3.63) is 88.6 Å². The number of nitrogens with zero attached hydrogens (tertiary/aromatic N) is 2. The fraction of sp³-hybridized carbons (Fsp3) is 0.167. The SMILES string of the molecule is Cn1cc(-c2ccc(CNc3ccc(F)c(NC(=O)CCc4ccsc4)c3)cc2)cn1. The van der Waals surface area contributed by atoms with Gasteiger partial charge in [0, 0.05) is 37.5 Å². The van der Waals surface area contributed by atoms with Gasteiger partial charge in [0.05, 0.1) is 11.9 Å². The van der Waals surface area contributed by atoms with Crippen molar-refractivity contribution in [3.8, 4) is 11.1 Å². The van der Waals surface area contributed by atoms with Crippen LogP contribution in [0.3, 0.4) is 0 Å². The number of rotatable bonds is 8. The molecule has 0 fully saturated rings. The zero-order valence-corrected chi connectivity index (χ0v) is 18.0. The van der Waals surface area contributed by atoms with Gasteiger partial charge in [-0.05, 0) is 58.1 Å². The summed E-state index contributed by atoms with van der Waals surface area (Å²) in [4.78, 5) is 12.2. The quantitative estimate of drug-likeness (QED) is 0.387. The fourth-order valence-electron chi connectivity index (χ4n) is 3.23. The van der Waals surface area contributed by atoms with Crippen molar-refractivity contribution in [2.24, 2.45) is 7.05 Å². The average Bonchev–Trinajstić information content (AvgIpc) is 3.45. The minimum atomic E-state index is -0.449. The number of benzene rings is 2. The average molecular weight is 435 g/mol. The summed E-state index contributed by atoms with van der Waals surface area (Å²) in [5.41, 5.74) is 5.31. The van der Waals surface area contributed by atoms with E-state index in [0.29, 0.717) is 19.4 Å². The van der Waals surface area contributed by atoms with Gasteiger partial charge in [0.2, 0.25) is 5.91 Å². The third-order valence-corrected chi connectivity index (χ3v) is 5.68. The van der Waals surface area contributed by atoms with Gasteiger partial charge in [-0.1, -0.05) is 24.3 Å². The van der Waals surface area contributed by atoms with E-state index in [9.17, 15) is 9.18 Å². The van der Waals surface area contributed by atoms with E-state index in [0.717, 1.165) is 27.9 Å². The number of hydrogen-bond acceptors (Lipinski definition) is 4. The van der Waals surface area contributed by atoms with Gasteiger partial charge in [-0.25, -0.2) is 4.39 Å². The second-order valence-electron chi connectivity index (χ2n) is 7.33. The molecule has 2 aromatic carbocycles. The van der Waals surface area contributed by atoms with E-state index >= 15 is 0 Å². The lowest BCUT2D eigenvalue weighted by atomic mass is 10.1. The Hall–Kier alpha value is -3.45. The first-order chi connectivity index (χ1) is 15.1. The van der Waals surface area contributed by atoms with Gasteiger partial charge in [-0.2, -0.15) is 16.4 Å². The van der Waals surface area contributed by atoms with Gasteiger partial charge in [0.25, 0.3) is 0 Å². The molecule has 31 heavy (non-hydrogen) atoms. The molecular formula is C24H23FN4OS. The lowest BCUT2D eigenvalue weighted by Gasteiger charge is -2.11. The molecule has 2 heterocycles. The maximum atomic E-state index is 14.2. The molecule has 5 nitrogen and oxygen atoms in total. The van der Waals surface area contributed by atoms with Crippen LogP contribution in [0.25, 0.3) is 11.1 Å². The number of thiophene rings is 1. The number of aryl methyl sites for hydroxylation is 2. The zero-order valence-electron chi connectivity index (χ0n) is 17.1. The maximum absolute atomic E-state index is 14.2. The molecule has 0 atom stereocenters. The van der Waals surface area contributed by atoms with Gasteiger partial charge >= 0.3 is 0 Å². The maximum Gasteiger partial charge on any atom is 0.224 e. The van der Waals surface area contributed by atoms with Crippen molar-refractivity contribution in [1.29, 1.82) is 0 Å². The van der Waals surface area contributed by atoms with Gasteiger partial charge in [0.1, 0.15) is 5.82 Å². The highest BCUT2D eigenvalue weighted by Gasteiger charge is 2.09. The summed E-state index contributed by atoms with van der Waals surface area (Å²) in [6, 6.07) is 14.9. The highest BCUT2D eigenvalue weighted by atomic mass is 32.1. The van der Waals surface area contributed by atoms with Crippen molar-refractivity contribution in [2.75, 3.05) is 10.6 Å². The molecule has 0 aliphatic heterocycles. The smallest absolute Gasteiger partial charge is 0.224 e. The summed E-state index contributed by atoms with van der Waals surface area (Å²) >= 11 is 1.60. The van der Waals surface area contributed by atoms with Crippen molar-refractivity contribution in [3.63, 3.8) is 0 Å². The molecule has 0 aliphatic rings. The van der Waals surface area contributed by atoms with Crippen LogP contribution in [-0.2, 0) is 24.8 Å². The number of hydrogen-bond donors (Lipinski definition) is 2. The Balaban J connectivity index is 1.34. The second-order valence-corrected chi connectivity index (χ2v) is 8.11. The van der Waals surface area contributed by atoms with E-state index in [1.54, 1.807) is 28.2 Å². The molecule has 4 aromatic rings. The number of halogens is 1. The lowest BCUT2D eigenvalue weighted by molar-refractivity contribution is -0.116. The summed E-state index contributed by atoms with van der Waals surface area (Å²) in [5.74, 6) is -0.650. The third kappa shape index (κ3) is 5.58. The largest absolute Gasteiger partial charge is 0.381 e. The van der Waals surface area contributed by atoms with Crippen LogP contribution in [0.5, 0.6) is 0 Å². The minimum absolute atomic E-state index is 0.187. The van der Waals surface area contributed by atoms with Crippen LogP contribution in [-0.4, -0.2) is 15.7 Å². The number of nitrogens with one attached hydrogen (secondary N) is 2. The predicted molar refractivity (Wildman–Crippen MR) is 124 cm³/mol. The summed E-state index contributed by atoms with van der Waals surface area (Å²) in [5, 5.41) is 14.2. The molecule has 0 aliphatic carbocycles. The molecule has 0 saturated carbocycles. The highest BCUT2D eigenvalue weighted by Crippen LogP contribution is 2.22. The first-order valence-corrected chi connectivity index (χ1v) is 10.9. The Morgan fingerprint density at radius 1 is 1.10 bits per heavy atom. The Morgan fingerprint density at radius 2 is 1.94 bits per heavy atom. The van der Waals surface area contributed by atoms with Crippen molar-refractivity contribution in [1.82, 2.24) is 9.78 Å². The minimum Gasteiger partial charge on any atom is -0.381 e. The lowest BCUT2D eigenvalue weighted by Crippen LogP contribution is -2.13. The molecule has 158 valence electrons.